The van der Waals surface area contributed by atoms with Crippen molar-refractivity contribution in [2.75, 3.05) is 5.73 Å². The van der Waals surface area contributed by atoms with Crippen molar-refractivity contribution in [2.45, 2.75) is 37.8 Å². The number of carbonyl (C=O) groups is 1. The third kappa shape index (κ3) is 3.23. The van der Waals surface area contributed by atoms with Gasteiger partial charge in [-0.2, -0.15) is 0 Å². The van der Waals surface area contributed by atoms with Crippen molar-refractivity contribution < 1.29 is 9.90 Å². The Labute approximate surface area is 115 Å². The highest BCUT2D eigenvalue weighted by Gasteiger charge is 2.22. The first kappa shape index (κ1) is 13.4. The molecule has 0 spiro atoms. The summed E-state index contributed by atoms with van der Waals surface area (Å²) in [4.78, 5) is 12.1. The maximum absolute atomic E-state index is 12.1. The van der Waals surface area contributed by atoms with Crippen molar-refractivity contribution in [1.82, 2.24) is 5.32 Å². The van der Waals surface area contributed by atoms with Gasteiger partial charge in [-0.3, -0.25) is 4.79 Å². The van der Waals surface area contributed by atoms with Crippen LogP contribution < -0.4 is 11.1 Å². The number of nitrogens with one attached hydrogen (secondary N) is 1. The van der Waals surface area contributed by atoms with Crippen LogP contribution in [0, 0.1) is 0 Å². The quantitative estimate of drug-likeness (QED) is 0.732. The van der Waals surface area contributed by atoms with E-state index < -0.39 is 0 Å². The van der Waals surface area contributed by atoms with E-state index in [1.54, 1.807) is 18.2 Å². The van der Waals surface area contributed by atoms with Crippen LogP contribution in [-0.2, 0) is 0 Å². The number of amides is 1. The van der Waals surface area contributed by atoms with Crippen molar-refractivity contribution in [3.63, 3.8) is 0 Å². The molecular formula is C13H17BrN2O2. The number of hydrogen-bond acceptors (Lipinski definition) is 3. The largest absolute Gasteiger partial charge is 0.399 e. The highest BCUT2D eigenvalue weighted by molar-refractivity contribution is 9.10. The fourth-order valence-corrected chi connectivity index (χ4v) is 2.63. The average molecular weight is 313 g/mol. The zero-order valence-electron chi connectivity index (χ0n) is 10.0. The van der Waals surface area contributed by atoms with Gasteiger partial charge in [0.15, 0.2) is 0 Å². The number of rotatable bonds is 2. The Morgan fingerprint density at radius 2 is 2.00 bits per heavy atom. The summed E-state index contributed by atoms with van der Waals surface area (Å²) in [5.74, 6) is -0.115. The fourth-order valence-electron chi connectivity index (χ4n) is 2.20. The van der Waals surface area contributed by atoms with Gasteiger partial charge in [0.1, 0.15) is 0 Å². The van der Waals surface area contributed by atoms with Gasteiger partial charge in [-0.25, -0.2) is 0 Å². The summed E-state index contributed by atoms with van der Waals surface area (Å²) in [5, 5.41) is 12.4. The summed E-state index contributed by atoms with van der Waals surface area (Å²) in [6.45, 7) is 0. The number of carbonyl (C=O) groups excluding carboxylic acids is 1. The van der Waals surface area contributed by atoms with Crippen LogP contribution in [0.25, 0.3) is 0 Å². The number of nitrogen functional groups attached to an aromatic ring is 1. The molecule has 1 amide bonds. The number of aliphatic hydroxyl groups excluding tert-OH is 1. The number of benzene rings is 1. The zero-order valence-corrected chi connectivity index (χ0v) is 11.6. The van der Waals surface area contributed by atoms with Crippen LogP contribution in [0.3, 0.4) is 0 Å². The maximum Gasteiger partial charge on any atom is 0.252 e. The van der Waals surface area contributed by atoms with Gasteiger partial charge in [0.2, 0.25) is 0 Å². The molecule has 98 valence electrons. The summed E-state index contributed by atoms with van der Waals surface area (Å²) in [7, 11) is 0. The lowest BCUT2D eigenvalue weighted by atomic mass is 9.93. The molecule has 1 fully saturated rings. The van der Waals surface area contributed by atoms with E-state index in [1.807, 2.05) is 0 Å². The molecule has 0 heterocycles. The van der Waals surface area contributed by atoms with E-state index in [0.717, 1.165) is 30.2 Å². The van der Waals surface area contributed by atoms with Crippen molar-refractivity contribution in [3.05, 3.63) is 28.2 Å². The number of halogens is 1. The molecule has 0 bridgehead atoms. The molecule has 0 saturated heterocycles. The number of nitrogens with two attached hydrogens (primary N) is 1. The molecule has 2 rings (SSSR count). The Kier molecular flexibility index (Phi) is 4.24. The van der Waals surface area contributed by atoms with Gasteiger partial charge in [0.05, 0.1) is 11.7 Å². The second kappa shape index (κ2) is 5.71. The smallest absolute Gasteiger partial charge is 0.252 e. The first-order chi connectivity index (χ1) is 8.56. The minimum absolute atomic E-state index is 0.115. The third-order valence-electron chi connectivity index (χ3n) is 3.27. The molecule has 0 radical (unpaired) electrons. The number of aliphatic hydroxyl groups is 1. The predicted octanol–water partition coefficient (Wildman–Crippen LogP) is 2.06. The van der Waals surface area contributed by atoms with Crippen LogP contribution >= 0.6 is 15.9 Å². The Hall–Kier alpha value is -1.07. The van der Waals surface area contributed by atoms with Gasteiger partial charge in [-0.1, -0.05) is 0 Å². The molecule has 5 heteroatoms. The van der Waals surface area contributed by atoms with Gasteiger partial charge < -0.3 is 16.2 Å². The Balaban J connectivity index is 2.01. The highest BCUT2D eigenvalue weighted by Crippen LogP contribution is 2.22. The van der Waals surface area contributed by atoms with E-state index in [0.29, 0.717) is 11.3 Å². The second-order valence-electron chi connectivity index (χ2n) is 4.72. The molecule has 1 saturated carbocycles. The lowest BCUT2D eigenvalue weighted by Gasteiger charge is -2.26. The Morgan fingerprint density at radius 1 is 1.33 bits per heavy atom. The van der Waals surface area contributed by atoms with Crippen LogP contribution in [0.5, 0.6) is 0 Å². The molecule has 0 atom stereocenters. The van der Waals surface area contributed by atoms with Crippen LogP contribution in [-0.4, -0.2) is 23.2 Å². The van der Waals surface area contributed by atoms with Crippen LogP contribution in [0.4, 0.5) is 5.69 Å². The Bertz CT molecular complexity index is 443. The van der Waals surface area contributed by atoms with Crippen molar-refractivity contribution in [1.29, 1.82) is 0 Å². The first-order valence-corrected chi connectivity index (χ1v) is 6.89. The van der Waals surface area contributed by atoms with E-state index in [9.17, 15) is 9.90 Å². The van der Waals surface area contributed by atoms with Gasteiger partial charge in [0.25, 0.3) is 5.91 Å². The van der Waals surface area contributed by atoms with Gasteiger partial charge in [-0.05, 0) is 59.8 Å². The monoisotopic (exact) mass is 312 g/mol. The summed E-state index contributed by atoms with van der Waals surface area (Å²) < 4.78 is 0.741. The van der Waals surface area contributed by atoms with E-state index in [-0.39, 0.29) is 18.1 Å². The molecule has 0 aliphatic heterocycles. The molecule has 1 aliphatic carbocycles. The maximum atomic E-state index is 12.1. The van der Waals surface area contributed by atoms with Gasteiger partial charge in [-0.15, -0.1) is 0 Å². The molecule has 4 nitrogen and oxygen atoms in total. The summed E-state index contributed by atoms with van der Waals surface area (Å²) in [6, 6.07) is 5.33. The minimum Gasteiger partial charge on any atom is -0.399 e. The predicted molar refractivity (Wildman–Crippen MR) is 74.3 cm³/mol. The van der Waals surface area contributed by atoms with E-state index in [4.69, 9.17) is 5.73 Å². The van der Waals surface area contributed by atoms with Crippen molar-refractivity contribution in [3.8, 4) is 0 Å². The van der Waals surface area contributed by atoms with Crippen molar-refractivity contribution >= 4 is 27.5 Å². The first-order valence-electron chi connectivity index (χ1n) is 6.10. The molecule has 1 aliphatic rings. The van der Waals surface area contributed by atoms with E-state index in [2.05, 4.69) is 21.2 Å². The molecule has 4 N–H and O–H groups in total. The van der Waals surface area contributed by atoms with E-state index in [1.165, 1.54) is 0 Å². The summed E-state index contributed by atoms with van der Waals surface area (Å²) in [6.07, 6.45) is 2.95. The molecule has 0 unspecified atom stereocenters. The third-order valence-corrected chi connectivity index (χ3v) is 3.96. The van der Waals surface area contributed by atoms with Crippen LogP contribution in [0.15, 0.2) is 22.7 Å². The normalized spacial score (nSPS) is 23.7. The lowest BCUT2D eigenvalue weighted by molar-refractivity contribution is 0.0867. The van der Waals surface area contributed by atoms with Crippen LogP contribution in [0.2, 0.25) is 0 Å². The minimum atomic E-state index is -0.211. The number of hydrogen-bond donors (Lipinski definition) is 3. The molecule has 1 aromatic rings. The van der Waals surface area contributed by atoms with Crippen LogP contribution in [0.1, 0.15) is 36.0 Å². The molecule has 1 aromatic carbocycles. The topological polar surface area (TPSA) is 75.4 Å². The SMILES string of the molecule is Nc1ccc(Br)c(C(=O)NC2CCC(O)CC2)c1. The number of anilines is 1. The zero-order chi connectivity index (χ0) is 13.1. The second-order valence-corrected chi connectivity index (χ2v) is 5.57. The molecule has 0 aromatic heterocycles. The fraction of sp³-hybridized carbons (Fsp3) is 0.462. The Morgan fingerprint density at radius 3 is 2.67 bits per heavy atom. The lowest BCUT2D eigenvalue weighted by Crippen LogP contribution is -2.38. The highest BCUT2D eigenvalue weighted by atomic mass is 79.9. The average Bonchev–Trinajstić information content (AvgIpc) is 2.35. The van der Waals surface area contributed by atoms with Gasteiger partial charge >= 0.3 is 0 Å². The van der Waals surface area contributed by atoms with E-state index >= 15 is 0 Å². The molecular weight excluding hydrogens is 296 g/mol. The summed E-state index contributed by atoms with van der Waals surface area (Å²) in [5.41, 5.74) is 6.81. The van der Waals surface area contributed by atoms with Gasteiger partial charge in [0, 0.05) is 16.2 Å². The summed E-state index contributed by atoms with van der Waals surface area (Å²) >= 11 is 3.35. The standard InChI is InChI=1S/C13H17BrN2O2/c14-12-6-1-8(15)7-11(12)13(18)16-9-2-4-10(17)5-3-9/h1,6-7,9-10,17H,2-5,15H2,(H,16,18). The van der Waals surface area contributed by atoms with Crippen molar-refractivity contribution in [2.24, 2.45) is 0 Å². The molecule has 18 heavy (non-hydrogen) atoms.